The van der Waals surface area contributed by atoms with E-state index in [2.05, 4.69) is 10.6 Å². The first-order chi connectivity index (χ1) is 22.2. The van der Waals surface area contributed by atoms with Crippen molar-refractivity contribution in [3.05, 3.63) is 0 Å². The second kappa shape index (κ2) is 22.9. The van der Waals surface area contributed by atoms with Crippen molar-refractivity contribution in [3.8, 4) is 0 Å². The highest BCUT2D eigenvalue weighted by atomic mass is 16.6. The number of carbonyl (C=O) groups excluding carboxylic acids is 4. The molecule has 0 heterocycles. The lowest BCUT2D eigenvalue weighted by Gasteiger charge is -2.30. The second-order valence-electron chi connectivity index (χ2n) is 14.8. The van der Waals surface area contributed by atoms with Gasteiger partial charge in [0.25, 0.3) is 0 Å². The zero-order valence-corrected chi connectivity index (χ0v) is 31.4. The van der Waals surface area contributed by atoms with Gasteiger partial charge in [-0.05, 0) is 60.3 Å². The van der Waals surface area contributed by atoms with Crippen LogP contribution in [0.4, 0.5) is 9.59 Å². The number of nitrogens with one attached hydrogen (secondary N) is 2. The highest BCUT2D eigenvalue weighted by molar-refractivity contribution is 5.76. The van der Waals surface area contributed by atoms with Gasteiger partial charge in [-0.25, -0.2) is 9.59 Å². The molecule has 282 valence electrons. The van der Waals surface area contributed by atoms with E-state index >= 15 is 0 Å². The maximum atomic E-state index is 12.6. The molecule has 0 rings (SSSR count). The molecule has 0 aromatic carbocycles. The molecule has 1 atom stereocenters. The fourth-order valence-electron chi connectivity index (χ4n) is 4.32. The predicted octanol–water partition coefficient (Wildman–Crippen LogP) is 4.80. The van der Waals surface area contributed by atoms with Gasteiger partial charge in [-0.1, -0.05) is 27.7 Å². The molecule has 0 saturated carbocycles. The third-order valence-corrected chi connectivity index (χ3v) is 6.36. The molecule has 0 unspecified atom stereocenters. The van der Waals surface area contributed by atoms with E-state index in [-0.39, 0.29) is 70.2 Å². The van der Waals surface area contributed by atoms with Crippen LogP contribution >= 0.6 is 0 Å². The van der Waals surface area contributed by atoms with Crippen LogP contribution in [-0.2, 0) is 47.5 Å². The summed E-state index contributed by atoms with van der Waals surface area (Å²) < 4.78 is 43.4. The summed E-state index contributed by atoms with van der Waals surface area (Å²) in [6.07, 6.45) is -0.926. The van der Waals surface area contributed by atoms with Crippen molar-refractivity contribution < 1.29 is 57.1 Å². The minimum Gasteiger partial charge on any atom is -0.461 e. The molecule has 0 radical (unpaired) electrons. The molecule has 2 amide bonds. The summed E-state index contributed by atoms with van der Waals surface area (Å²) in [5, 5.41) is 5.16. The van der Waals surface area contributed by atoms with Gasteiger partial charge in [0.15, 0.2) is 6.10 Å². The van der Waals surface area contributed by atoms with Crippen molar-refractivity contribution in [2.45, 2.75) is 113 Å². The summed E-state index contributed by atoms with van der Waals surface area (Å²) in [7, 11) is 0. The zero-order valence-electron chi connectivity index (χ0n) is 31.4. The maximum Gasteiger partial charge on any atom is 0.407 e. The Labute approximate surface area is 287 Å². The number of carbonyl (C=O) groups is 4. The Kier molecular flexibility index (Phi) is 21.6. The van der Waals surface area contributed by atoms with E-state index in [0.29, 0.717) is 32.7 Å². The highest BCUT2D eigenvalue weighted by Gasteiger charge is 2.34. The molecule has 0 aromatic rings. The van der Waals surface area contributed by atoms with Crippen LogP contribution in [-0.4, -0.2) is 114 Å². The van der Waals surface area contributed by atoms with Crippen molar-refractivity contribution in [1.29, 1.82) is 0 Å². The topological polar surface area (TPSA) is 166 Å². The average Bonchev–Trinajstić information content (AvgIpc) is 2.95. The Morgan fingerprint density at radius 1 is 0.625 bits per heavy atom. The number of ether oxygens (including phenoxy) is 8. The quantitative estimate of drug-likeness (QED) is 0.0808. The summed E-state index contributed by atoms with van der Waals surface area (Å²) in [5.74, 6) is -0.922. The molecular formula is C34H64N2O12. The largest absolute Gasteiger partial charge is 0.461 e. The monoisotopic (exact) mass is 692 g/mol. The van der Waals surface area contributed by atoms with Crippen LogP contribution in [0, 0.1) is 10.8 Å². The highest BCUT2D eigenvalue weighted by Crippen LogP contribution is 2.34. The number of hydrogen-bond acceptors (Lipinski definition) is 12. The molecule has 0 aromatic heterocycles. The van der Waals surface area contributed by atoms with Crippen LogP contribution in [0.3, 0.4) is 0 Å². The lowest BCUT2D eigenvalue weighted by molar-refractivity contribution is -0.167. The van der Waals surface area contributed by atoms with Crippen molar-refractivity contribution in [2.24, 2.45) is 10.8 Å². The van der Waals surface area contributed by atoms with Gasteiger partial charge in [-0.15, -0.1) is 0 Å². The van der Waals surface area contributed by atoms with E-state index < -0.39 is 41.2 Å². The Morgan fingerprint density at radius 3 is 1.67 bits per heavy atom. The molecular weight excluding hydrogens is 628 g/mol. The van der Waals surface area contributed by atoms with Gasteiger partial charge in [0, 0.05) is 25.9 Å². The SMILES string of the molecule is CCC(=O)O[C@@H](COC(=O)NCCOCCOCCNC(=O)OCCC(C)(C)OCCOC(C)(C)C)COC(=O)C(C)(C)CC(C)(C)C. The first-order valence-corrected chi connectivity index (χ1v) is 16.8. The number of hydrogen-bond donors (Lipinski definition) is 2. The van der Waals surface area contributed by atoms with Gasteiger partial charge in [0.2, 0.25) is 0 Å². The number of rotatable bonds is 24. The molecule has 0 fully saturated rings. The third-order valence-electron chi connectivity index (χ3n) is 6.36. The predicted molar refractivity (Wildman–Crippen MR) is 180 cm³/mol. The standard InChI is InChI=1S/C34H64N2O12/c1-12-27(37)48-26(23-44-28(38)33(8,9)25-31(2,3)4)24-45-30(40)36-15-18-42-20-19-41-17-14-35-29(39)43-16-13-34(10,11)47-22-21-46-32(5,6)7/h26H,12-25H2,1-11H3,(H,35,39)(H,36,40)/t26-/m1/s1. The molecule has 14 nitrogen and oxygen atoms in total. The number of esters is 2. The lowest BCUT2D eigenvalue weighted by Crippen LogP contribution is -2.37. The summed E-state index contributed by atoms with van der Waals surface area (Å²) in [6, 6.07) is 0. The molecule has 2 N–H and O–H groups in total. The second-order valence-corrected chi connectivity index (χ2v) is 14.8. The summed E-state index contributed by atoms with van der Waals surface area (Å²) in [4.78, 5) is 48.5. The molecule has 0 aliphatic heterocycles. The van der Waals surface area contributed by atoms with Crippen LogP contribution in [0.2, 0.25) is 0 Å². The molecule has 0 aliphatic rings. The van der Waals surface area contributed by atoms with E-state index in [4.69, 9.17) is 37.9 Å². The van der Waals surface area contributed by atoms with Gasteiger partial charge >= 0.3 is 24.1 Å². The minimum atomic E-state index is -0.932. The Bertz CT molecular complexity index is 941. The van der Waals surface area contributed by atoms with Crippen molar-refractivity contribution in [2.75, 3.05) is 72.6 Å². The van der Waals surface area contributed by atoms with Crippen molar-refractivity contribution in [1.82, 2.24) is 10.6 Å². The molecule has 0 aliphatic carbocycles. The minimum absolute atomic E-state index is 0.0824. The first kappa shape index (κ1) is 45.3. The maximum absolute atomic E-state index is 12.6. The van der Waals surface area contributed by atoms with Gasteiger partial charge in [0.1, 0.15) is 13.2 Å². The van der Waals surface area contributed by atoms with E-state index in [9.17, 15) is 19.2 Å². The molecule has 0 saturated heterocycles. The first-order valence-electron chi connectivity index (χ1n) is 16.8. The fourth-order valence-corrected chi connectivity index (χ4v) is 4.32. The zero-order chi connectivity index (χ0) is 36.9. The van der Waals surface area contributed by atoms with E-state index in [1.807, 2.05) is 55.4 Å². The van der Waals surface area contributed by atoms with E-state index in [1.165, 1.54) is 0 Å². The Balaban J connectivity index is 4.04. The summed E-state index contributed by atoms with van der Waals surface area (Å²) >= 11 is 0. The van der Waals surface area contributed by atoms with Crippen LogP contribution in [0.25, 0.3) is 0 Å². The smallest absolute Gasteiger partial charge is 0.407 e. The Morgan fingerprint density at radius 2 is 1.15 bits per heavy atom. The molecule has 0 bridgehead atoms. The average molecular weight is 693 g/mol. The van der Waals surface area contributed by atoms with Crippen molar-refractivity contribution >= 4 is 24.1 Å². The summed E-state index contributed by atoms with van der Waals surface area (Å²) in [5.41, 5.74) is -1.48. The summed E-state index contributed by atoms with van der Waals surface area (Å²) in [6.45, 7) is 23.3. The van der Waals surface area contributed by atoms with E-state index in [1.54, 1.807) is 20.8 Å². The number of amides is 2. The van der Waals surface area contributed by atoms with Crippen LogP contribution in [0.5, 0.6) is 0 Å². The van der Waals surface area contributed by atoms with Crippen molar-refractivity contribution in [3.63, 3.8) is 0 Å². The van der Waals surface area contributed by atoms with Crippen LogP contribution < -0.4 is 10.6 Å². The fraction of sp³-hybridized carbons (Fsp3) is 0.882. The molecule has 0 spiro atoms. The van der Waals surface area contributed by atoms with Gasteiger partial charge in [-0.3, -0.25) is 9.59 Å². The van der Waals surface area contributed by atoms with E-state index in [0.717, 1.165) is 0 Å². The van der Waals surface area contributed by atoms with Crippen LogP contribution in [0.15, 0.2) is 0 Å². The third kappa shape index (κ3) is 26.3. The molecule has 14 heteroatoms. The van der Waals surface area contributed by atoms with Gasteiger partial charge in [0.05, 0.1) is 62.9 Å². The normalized spacial score (nSPS) is 13.0. The number of alkyl carbamates (subject to hydrolysis) is 2. The van der Waals surface area contributed by atoms with Crippen LogP contribution in [0.1, 0.15) is 95.4 Å². The van der Waals surface area contributed by atoms with Gasteiger partial charge in [-0.2, -0.15) is 0 Å². The molecule has 48 heavy (non-hydrogen) atoms. The van der Waals surface area contributed by atoms with Gasteiger partial charge < -0.3 is 48.5 Å². The lowest BCUT2D eigenvalue weighted by atomic mass is 9.76. The Hall–Kier alpha value is -2.68.